The number of esters is 1. The SMILES string of the molecule is COC(=O)CN1C(=S)N(c2ccccc2)C(=O)/C1=C\c1ccco1. The maximum Gasteiger partial charge on any atom is 0.325 e. The molecule has 1 aliphatic rings. The standard InChI is InChI=1S/C17H14N2O4S/c1-22-15(20)11-18-14(10-13-8-5-9-23-13)16(21)19(17(18)24)12-6-3-2-4-7-12/h2-10H,11H2,1H3/b14-10+. The summed E-state index contributed by atoms with van der Waals surface area (Å²) in [4.78, 5) is 27.4. The van der Waals surface area contributed by atoms with Crippen molar-refractivity contribution < 1.29 is 18.7 Å². The molecule has 24 heavy (non-hydrogen) atoms. The van der Waals surface area contributed by atoms with Gasteiger partial charge in [0.25, 0.3) is 5.91 Å². The lowest BCUT2D eigenvalue weighted by Crippen LogP contribution is -2.35. The Morgan fingerprint density at radius 3 is 2.62 bits per heavy atom. The highest BCUT2D eigenvalue weighted by Crippen LogP contribution is 2.28. The average Bonchev–Trinajstić information content (AvgIpc) is 3.18. The summed E-state index contributed by atoms with van der Waals surface area (Å²) in [5, 5.41) is 0.217. The molecule has 1 aromatic heterocycles. The predicted molar refractivity (Wildman–Crippen MR) is 91.9 cm³/mol. The molecule has 122 valence electrons. The average molecular weight is 342 g/mol. The topological polar surface area (TPSA) is 63.0 Å². The van der Waals surface area contributed by atoms with Crippen LogP contribution in [0.2, 0.25) is 0 Å². The first-order valence-electron chi connectivity index (χ1n) is 7.15. The van der Waals surface area contributed by atoms with E-state index < -0.39 is 5.97 Å². The summed E-state index contributed by atoms with van der Waals surface area (Å²) >= 11 is 5.41. The lowest BCUT2D eigenvalue weighted by atomic mass is 10.2. The van der Waals surface area contributed by atoms with Gasteiger partial charge in [-0.1, -0.05) is 18.2 Å². The monoisotopic (exact) mass is 342 g/mol. The molecule has 1 saturated heterocycles. The molecule has 2 aromatic rings. The highest BCUT2D eigenvalue weighted by atomic mass is 32.1. The fourth-order valence-electron chi connectivity index (χ4n) is 2.34. The van der Waals surface area contributed by atoms with E-state index in [1.165, 1.54) is 23.2 Å². The van der Waals surface area contributed by atoms with Gasteiger partial charge in [-0.25, -0.2) is 0 Å². The van der Waals surface area contributed by atoms with Gasteiger partial charge in [0.2, 0.25) is 0 Å². The number of para-hydroxylation sites is 1. The third kappa shape index (κ3) is 2.93. The molecule has 0 bridgehead atoms. The molecule has 1 amide bonds. The van der Waals surface area contributed by atoms with Crippen molar-refractivity contribution in [3.05, 3.63) is 60.2 Å². The zero-order valence-corrected chi connectivity index (χ0v) is 13.7. The van der Waals surface area contributed by atoms with Gasteiger partial charge in [-0.15, -0.1) is 0 Å². The Hall–Kier alpha value is -2.93. The second-order valence-electron chi connectivity index (χ2n) is 4.97. The zero-order valence-electron chi connectivity index (χ0n) is 12.8. The molecule has 2 heterocycles. The molecular weight excluding hydrogens is 328 g/mol. The number of carbonyl (C=O) groups is 2. The number of methoxy groups -OCH3 is 1. The Morgan fingerprint density at radius 1 is 1.25 bits per heavy atom. The van der Waals surface area contributed by atoms with Crippen LogP contribution in [0.15, 0.2) is 58.8 Å². The van der Waals surface area contributed by atoms with Crippen LogP contribution in [0.3, 0.4) is 0 Å². The van der Waals surface area contributed by atoms with Crippen molar-refractivity contribution in [2.45, 2.75) is 0 Å². The van der Waals surface area contributed by atoms with Gasteiger partial charge in [0, 0.05) is 6.08 Å². The molecule has 3 rings (SSSR count). The molecule has 1 fully saturated rings. The van der Waals surface area contributed by atoms with Crippen LogP contribution in [-0.4, -0.2) is 35.5 Å². The lowest BCUT2D eigenvalue weighted by molar-refractivity contribution is -0.140. The molecule has 1 aliphatic heterocycles. The smallest absolute Gasteiger partial charge is 0.325 e. The van der Waals surface area contributed by atoms with E-state index in [-0.39, 0.29) is 23.3 Å². The number of thiocarbonyl (C=S) groups is 1. The number of anilines is 1. The number of carbonyl (C=O) groups excluding carboxylic acids is 2. The highest BCUT2D eigenvalue weighted by molar-refractivity contribution is 7.80. The minimum absolute atomic E-state index is 0.156. The van der Waals surface area contributed by atoms with E-state index in [0.717, 1.165) is 0 Å². The fraction of sp³-hybridized carbons (Fsp3) is 0.118. The first-order chi connectivity index (χ1) is 11.6. The zero-order chi connectivity index (χ0) is 17.1. The first-order valence-corrected chi connectivity index (χ1v) is 7.55. The predicted octanol–water partition coefficient (Wildman–Crippen LogP) is 2.43. The quantitative estimate of drug-likeness (QED) is 0.483. The molecule has 0 N–H and O–H groups in total. The Kier molecular flexibility index (Phi) is 4.43. The second kappa shape index (κ2) is 6.67. The number of nitrogens with zero attached hydrogens (tertiary/aromatic N) is 2. The summed E-state index contributed by atoms with van der Waals surface area (Å²) in [6.45, 7) is -0.156. The van der Waals surface area contributed by atoms with Gasteiger partial charge < -0.3 is 14.1 Å². The van der Waals surface area contributed by atoms with E-state index in [1.807, 2.05) is 18.2 Å². The van der Waals surface area contributed by atoms with E-state index in [1.54, 1.807) is 30.3 Å². The Labute approximate surface area is 143 Å². The van der Waals surface area contributed by atoms with Gasteiger partial charge in [0.05, 0.1) is 19.1 Å². The number of rotatable bonds is 4. The summed E-state index contributed by atoms with van der Waals surface area (Å²) in [7, 11) is 1.29. The van der Waals surface area contributed by atoms with Crippen LogP contribution in [0.25, 0.3) is 6.08 Å². The van der Waals surface area contributed by atoms with Crippen molar-refractivity contribution in [3.63, 3.8) is 0 Å². The third-order valence-corrected chi connectivity index (χ3v) is 3.89. The van der Waals surface area contributed by atoms with Crippen LogP contribution < -0.4 is 4.90 Å². The first kappa shape index (κ1) is 15.9. The van der Waals surface area contributed by atoms with Crippen molar-refractivity contribution >= 4 is 41.0 Å². The largest absolute Gasteiger partial charge is 0.468 e. The Morgan fingerprint density at radius 2 is 2.00 bits per heavy atom. The van der Waals surface area contributed by atoms with E-state index in [2.05, 4.69) is 0 Å². The number of ether oxygens (including phenoxy) is 1. The Balaban J connectivity index is 2.02. The molecule has 0 unspecified atom stereocenters. The van der Waals surface area contributed by atoms with E-state index in [0.29, 0.717) is 11.4 Å². The Bertz CT molecular complexity index is 799. The van der Waals surface area contributed by atoms with Crippen molar-refractivity contribution in [1.29, 1.82) is 0 Å². The van der Waals surface area contributed by atoms with Crippen molar-refractivity contribution in [3.8, 4) is 0 Å². The van der Waals surface area contributed by atoms with E-state index >= 15 is 0 Å². The third-order valence-electron chi connectivity index (χ3n) is 3.49. The highest BCUT2D eigenvalue weighted by Gasteiger charge is 2.40. The maximum absolute atomic E-state index is 12.9. The van der Waals surface area contributed by atoms with Crippen molar-refractivity contribution in [2.24, 2.45) is 0 Å². The molecule has 0 atom stereocenters. The molecule has 1 aromatic carbocycles. The van der Waals surface area contributed by atoms with Crippen LogP contribution in [0.1, 0.15) is 5.76 Å². The van der Waals surface area contributed by atoms with Crippen LogP contribution in [0, 0.1) is 0 Å². The van der Waals surface area contributed by atoms with Gasteiger partial charge in [0.15, 0.2) is 5.11 Å². The number of amides is 1. The summed E-state index contributed by atoms with van der Waals surface area (Å²) < 4.78 is 9.97. The second-order valence-corrected chi connectivity index (χ2v) is 5.33. The van der Waals surface area contributed by atoms with Gasteiger partial charge >= 0.3 is 5.97 Å². The summed E-state index contributed by atoms with van der Waals surface area (Å²) in [6.07, 6.45) is 3.06. The minimum Gasteiger partial charge on any atom is -0.468 e. The normalized spacial score (nSPS) is 16.1. The summed E-state index contributed by atoms with van der Waals surface area (Å²) in [5.41, 5.74) is 0.884. The van der Waals surface area contributed by atoms with Crippen molar-refractivity contribution in [2.75, 3.05) is 18.6 Å². The van der Waals surface area contributed by atoms with Gasteiger partial charge in [0.1, 0.15) is 18.0 Å². The molecule has 0 saturated carbocycles. The number of benzene rings is 1. The van der Waals surface area contributed by atoms with Gasteiger partial charge in [-0.2, -0.15) is 0 Å². The number of furan rings is 1. The van der Waals surface area contributed by atoms with E-state index in [4.69, 9.17) is 21.4 Å². The number of hydrogen-bond acceptors (Lipinski definition) is 5. The van der Waals surface area contributed by atoms with Crippen LogP contribution >= 0.6 is 12.2 Å². The number of hydrogen-bond donors (Lipinski definition) is 0. The van der Waals surface area contributed by atoms with Gasteiger partial charge in [-0.3, -0.25) is 14.5 Å². The van der Waals surface area contributed by atoms with Crippen molar-refractivity contribution in [1.82, 2.24) is 4.90 Å². The molecule has 0 aliphatic carbocycles. The molecule has 0 spiro atoms. The summed E-state index contributed by atoms with van der Waals surface area (Å²) in [6, 6.07) is 12.4. The molecular formula is C17H14N2O4S. The summed E-state index contributed by atoms with van der Waals surface area (Å²) in [5.74, 6) is -0.331. The van der Waals surface area contributed by atoms with E-state index in [9.17, 15) is 9.59 Å². The van der Waals surface area contributed by atoms with Crippen LogP contribution in [0.4, 0.5) is 5.69 Å². The minimum atomic E-state index is -0.495. The van der Waals surface area contributed by atoms with Crippen LogP contribution in [0.5, 0.6) is 0 Å². The fourth-order valence-corrected chi connectivity index (χ4v) is 2.69. The molecule has 6 nitrogen and oxygen atoms in total. The maximum atomic E-state index is 12.9. The van der Waals surface area contributed by atoms with Crippen LogP contribution in [-0.2, 0) is 14.3 Å². The van der Waals surface area contributed by atoms with Gasteiger partial charge in [-0.05, 0) is 36.5 Å². The lowest BCUT2D eigenvalue weighted by Gasteiger charge is -2.19. The molecule has 0 radical (unpaired) electrons. The molecule has 7 heteroatoms.